The van der Waals surface area contributed by atoms with E-state index in [4.69, 9.17) is 0 Å². The van der Waals surface area contributed by atoms with Gasteiger partial charge in [-0.15, -0.1) is 10.2 Å². The normalized spacial score (nSPS) is 14.3. The average molecular weight is 248 g/mol. The van der Waals surface area contributed by atoms with E-state index in [1.54, 1.807) is 12.1 Å². The Morgan fingerprint density at radius 2 is 2.17 bits per heavy atom. The van der Waals surface area contributed by atoms with Crippen LogP contribution in [-0.2, 0) is 0 Å². The van der Waals surface area contributed by atoms with Crippen molar-refractivity contribution in [2.45, 2.75) is 45.1 Å². The van der Waals surface area contributed by atoms with Crippen LogP contribution in [0.1, 0.15) is 49.5 Å². The van der Waals surface area contributed by atoms with Crippen LogP contribution in [0.2, 0.25) is 0 Å². The van der Waals surface area contributed by atoms with Crippen molar-refractivity contribution >= 4 is 11.7 Å². The van der Waals surface area contributed by atoms with Gasteiger partial charge >= 0.3 is 0 Å². The molecule has 5 nitrogen and oxygen atoms in total. The molecule has 0 unspecified atom stereocenters. The molecule has 0 bridgehead atoms. The number of nitrogens with zero attached hydrogens (tertiary/aromatic N) is 2. The molecular weight excluding hydrogens is 228 g/mol. The summed E-state index contributed by atoms with van der Waals surface area (Å²) in [5, 5.41) is 14.0. The highest BCUT2D eigenvalue weighted by Gasteiger charge is 2.24. The van der Waals surface area contributed by atoms with Gasteiger partial charge in [-0.3, -0.25) is 4.79 Å². The minimum atomic E-state index is -0.123. The molecule has 0 aromatic carbocycles. The minimum Gasteiger partial charge on any atom is -0.369 e. The molecule has 0 radical (unpaired) electrons. The van der Waals surface area contributed by atoms with E-state index in [1.807, 2.05) is 0 Å². The molecule has 2 N–H and O–H groups in total. The van der Waals surface area contributed by atoms with Crippen LogP contribution >= 0.6 is 0 Å². The van der Waals surface area contributed by atoms with Gasteiger partial charge < -0.3 is 10.6 Å². The Hall–Kier alpha value is -1.65. The van der Waals surface area contributed by atoms with Gasteiger partial charge in [0.05, 0.1) is 0 Å². The Bertz CT molecular complexity index is 386. The lowest BCUT2D eigenvalue weighted by atomic mass is 10.2. The van der Waals surface area contributed by atoms with E-state index in [2.05, 4.69) is 27.8 Å². The third-order valence-electron chi connectivity index (χ3n) is 2.90. The first-order valence-electron chi connectivity index (χ1n) is 6.68. The van der Waals surface area contributed by atoms with E-state index in [-0.39, 0.29) is 5.91 Å². The van der Waals surface area contributed by atoms with Gasteiger partial charge in [-0.25, -0.2) is 0 Å². The largest absolute Gasteiger partial charge is 0.369 e. The van der Waals surface area contributed by atoms with E-state index in [0.29, 0.717) is 11.7 Å². The van der Waals surface area contributed by atoms with Crippen LogP contribution < -0.4 is 10.6 Å². The fourth-order valence-corrected chi connectivity index (χ4v) is 1.63. The Morgan fingerprint density at radius 3 is 2.78 bits per heavy atom. The Labute approximate surface area is 107 Å². The summed E-state index contributed by atoms with van der Waals surface area (Å²) < 4.78 is 0. The van der Waals surface area contributed by atoms with Crippen LogP contribution in [0.3, 0.4) is 0 Å². The molecule has 18 heavy (non-hydrogen) atoms. The fraction of sp³-hybridized carbons (Fsp3) is 0.615. The van der Waals surface area contributed by atoms with E-state index in [0.717, 1.165) is 31.6 Å². The standard InChI is InChI=1S/C13H20N4O/c1-2-3-4-9-14-12-8-7-11(16-17-12)13(18)15-10-5-6-10/h7-8,10H,2-6,9H2,1H3,(H,14,17)(H,15,18). The second-order valence-corrected chi connectivity index (χ2v) is 4.69. The minimum absolute atomic E-state index is 0.123. The summed E-state index contributed by atoms with van der Waals surface area (Å²) in [7, 11) is 0. The van der Waals surface area contributed by atoms with Gasteiger partial charge in [0.2, 0.25) is 0 Å². The first-order chi connectivity index (χ1) is 8.79. The zero-order valence-electron chi connectivity index (χ0n) is 10.8. The first kappa shape index (κ1) is 12.8. The molecule has 98 valence electrons. The molecule has 1 heterocycles. The third kappa shape index (κ3) is 3.98. The van der Waals surface area contributed by atoms with Crippen molar-refractivity contribution in [3.05, 3.63) is 17.8 Å². The van der Waals surface area contributed by atoms with Crippen LogP contribution in [-0.4, -0.2) is 28.7 Å². The van der Waals surface area contributed by atoms with Crippen molar-refractivity contribution in [1.29, 1.82) is 0 Å². The van der Waals surface area contributed by atoms with Gasteiger partial charge in [0.25, 0.3) is 5.91 Å². The summed E-state index contributed by atoms with van der Waals surface area (Å²) in [6.07, 6.45) is 5.70. The average Bonchev–Trinajstić information content (AvgIpc) is 3.19. The van der Waals surface area contributed by atoms with Gasteiger partial charge in [0.1, 0.15) is 5.82 Å². The highest BCUT2D eigenvalue weighted by Crippen LogP contribution is 2.19. The summed E-state index contributed by atoms with van der Waals surface area (Å²) >= 11 is 0. The molecule has 1 saturated carbocycles. The summed E-state index contributed by atoms with van der Waals surface area (Å²) in [6.45, 7) is 3.07. The van der Waals surface area contributed by atoms with Crippen molar-refractivity contribution in [1.82, 2.24) is 15.5 Å². The predicted octanol–water partition coefficient (Wildman–Crippen LogP) is 1.97. The second kappa shape index (κ2) is 6.33. The van der Waals surface area contributed by atoms with E-state index in [1.165, 1.54) is 12.8 Å². The van der Waals surface area contributed by atoms with E-state index >= 15 is 0 Å². The molecule has 1 aromatic rings. The zero-order valence-corrected chi connectivity index (χ0v) is 10.8. The van der Waals surface area contributed by atoms with Gasteiger partial charge in [0, 0.05) is 12.6 Å². The lowest BCUT2D eigenvalue weighted by Gasteiger charge is -2.05. The van der Waals surface area contributed by atoms with Gasteiger partial charge in [-0.05, 0) is 31.4 Å². The number of carbonyl (C=O) groups excluding carboxylic acids is 1. The lowest BCUT2D eigenvalue weighted by molar-refractivity contribution is 0.0945. The van der Waals surface area contributed by atoms with Crippen LogP contribution in [0.4, 0.5) is 5.82 Å². The molecule has 0 atom stereocenters. The first-order valence-corrected chi connectivity index (χ1v) is 6.68. The van der Waals surface area contributed by atoms with Crippen LogP contribution in [0.5, 0.6) is 0 Å². The maximum absolute atomic E-state index is 11.7. The van der Waals surface area contributed by atoms with Crippen molar-refractivity contribution < 1.29 is 4.79 Å². The number of amides is 1. The monoisotopic (exact) mass is 248 g/mol. The lowest BCUT2D eigenvalue weighted by Crippen LogP contribution is -2.26. The summed E-state index contributed by atoms with van der Waals surface area (Å²) in [5.41, 5.74) is 0.390. The molecule has 5 heteroatoms. The number of hydrogen-bond donors (Lipinski definition) is 2. The van der Waals surface area contributed by atoms with Crippen LogP contribution in [0.15, 0.2) is 12.1 Å². The topological polar surface area (TPSA) is 66.9 Å². The van der Waals surface area contributed by atoms with Crippen molar-refractivity contribution in [3.63, 3.8) is 0 Å². The molecule has 1 amide bonds. The number of hydrogen-bond acceptors (Lipinski definition) is 4. The maximum atomic E-state index is 11.7. The number of aromatic nitrogens is 2. The molecule has 0 aliphatic heterocycles. The zero-order chi connectivity index (χ0) is 12.8. The summed E-state index contributed by atoms with van der Waals surface area (Å²) in [6, 6.07) is 3.87. The molecule has 0 spiro atoms. The van der Waals surface area contributed by atoms with Gasteiger partial charge in [-0.2, -0.15) is 0 Å². The fourth-order valence-electron chi connectivity index (χ4n) is 1.63. The number of nitrogens with one attached hydrogen (secondary N) is 2. The van der Waals surface area contributed by atoms with Crippen LogP contribution in [0.25, 0.3) is 0 Å². The molecule has 1 fully saturated rings. The molecule has 2 rings (SSSR count). The number of carbonyl (C=O) groups is 1. The van der Waals surface area contributed by atoms with Crippen molar-refractivity contribution in [3.8, 4) is 0 Å². The van der Waals surface area contributed by atoms with Gasteiger partial charge in [0.15, 0.2) is 5.69 Å². The van der Waals surface area contributed by atoms with Crippen molar-refractivity contribution in [2.75, 3.05) is 11.9 Å². The maximum Gasteiger partial charge on any atom is 0.272 e. The molecule has 0 saturated heterocycles. The molecule has 1 aliphatic rings. The Kier molecular flexibility index (Phi) is 4.50. The third-order valence-corrected chi connectivity index (χ3v) is 2.90. The number of anilines is 1. The smallest absolute Gasteiger partial charge is 0.272 e. The van der Waals surface area contributed by atoms with E-state index < -0.39 is 0 Å². The van der Waals surface area contributed by atoms with E-state index in [9.17, 15) is 4.79 Å². The summed E-state index contributed by atoms with van der Waals surface area (Å²) in [5.74, 6) is 0.608. The second-order valence-electron chi connectivity index (χ2n) is 4.69. The Morgan fingerprint density at radius 1 is 1.33 bits per heavy atom. The molecular formula is C13H20N4O. The van der Waals surface area contributed by atoms with Crippen LogP contribution in [0, 0.1) is 0 Å². The quantitative estimate of drug-likeness (QED) is 0.724. The molecule has 1 aromatic heterocycles. The SMILES string of the molecule is CCCCCNc1ccc(C(=O)NC2CC2)nn1. The number of rotatable bonds is 7. The van der Waals surface area contributed by atoms with Crippen molar-refractivity contribution in [2.24, 2.45) is 0 Å². The highest BCUT2D eigenvalue weighted by atomic mass is 16.2. The highest BCUT2D eigenvalue weighted by molar-refractivity contribution is 5.92. The molecule has 1 aliphatic carbocycles. The number of unbranched alkanes of at least 4 members (excludes halogenated alkanes) is 2. The Balaban J connectivity index is 1.78. The predicted molar refractivity (Wildman–Crippen MR) is 70.5 cm³/mol. The summed E-state index contributed by atoms with van der Waals surface area (Å²) in [4.78, 5) is 11.7. The van der Waals surface area contributed by atoms with Gasteiger partial charge in [-0.1, -0.05) is 19.8 Å².